The average molecular weight is 485 g/mol. The summed E-state index contributed by atoms with van der Waals surface area (Å²) in [7, 11) is -3.49. The molecule has 1 atom stereocenters. The number of nitrogens with one attached hydrogen (secondary N) is 1. The van der Waals surface area contributed by atoms with Gasteiger partial charge in [0.05, 0.1) is 10.9 Å². The van der Waals surface area contributed by atoms with Gasteiger partial charge < -0.3 is 5.32 Å². The van der Waals surface area contributed by atoms with Crippen LogP contribution < -0.4 is 5.32 Å². The summed E-state index contributed by atoms with van der Waals surface area (Å²) in [5, 5.41) is 2.71. The number of carbonyl (C=O) groups excluding carboxylic acids is 3. The van der Waals surface area contributed by atoms with Gasteiger partial charge in [-0.15, -0.1) is 0 Å². The Bertz CT molecular complexity index is 1050. The van der Waals surface area contributed by atoms with E-state index >= 15 is 0 Å². The third kappa shape index (κ3) is 5.93. The maximum absolute atomic E-state index is 12.6. The molecule has 1 aliphatic heterocycles. The smallest absolute Gasteiger partial charge is 0.296 e. The minimum atomic E-state index is -3.49. The number of rotatable bonds is 8. The lowest BCUT2D eigenvalue weighted by molar-refractivity contribution is -0.144. The molecule has 4 rings (SSSR count). The average Bonchev–Trinajstić information content (AvgIpc) is 2.84. The van der Waals surface area contributed by atoms with E-state index in [9.17, 15) is 23.5 Å². The number of likely N-dealkylation sites (tertiary alicyclic amines) is 1. The molecule has 1 heterocycles. The van der Waals surface area contributed by atoms with Crippen molar-refractivity contribution in [1.29, 1.82) is 0 Å². The molecular weight excluding hydrogens is 452 g/mol. The zero-order chi connectivity index (χ0) is 24.1. The number of hydrogen-bond donors (Lipinski definition) is 3. The monoisotopic (exact) mass is 484 g/mol. The van der Waals surface area contributed by atoms with Crippen LogP contribution in [0.5, 0.6) is 0 Å². The minimum Gasteiger partial charge on any atom is -0.342 e. The Labute approximate surface area is 201 Å². The van der Waals surface area contributed by atoms with Gasteiger partial charge in [0.15, 0.2) is 0 Å². The standard InChI is InChI=1S/C26H32N2O5S/c29-24(18-34(32,33)21-9-3-1-4-10-21)25(30)26(31)27-23-11-7-8-20-16-19(12-13-22(20)23)17-28-14-5-2-6-15-28/h1,3-4,9-10,12-13,16,23,32-33H,2,5-8,11,14-15,17-18H2,(H,27,31)/t23-/m1/s1. The van der Waals surface area contributed by atoms with E-state index in [1.54, 1.807) is 18.2 Å². The molecule has 8 heteroatoms. The Balaban J connectivity index is 1.38. The number of ketones is 2. The Kier molecular flexibility index (Phi) is 7.83. The Morgan fingerprint density at radius 2 is 1.71 bits per heavy atom. The van der Waals surface area contributed by atoms with E-state index in [1.807, 2.05) is 6.07 Å². The number of Topliss-reactive ketones (excluding diaryl/α,β-unsaturated/α-hetero) is 2. The van der Waals surface area contributed by atoms with Crippen molar-refractivity contribution < 1.29 is 23.5 Å². The second-order valence-electron chi connectivity index (χ2n) is 9.16. The summed E-state index contributed by atoms with van der Waals surface area (Å²) in [6, 6.07) is 13.9. The summed E-state index contributed by atoms with van der Waals surface area (Å²) in [4.78, 5) is 40.0. The lowest BCUT2D eigenvalue weighted by Crippen LogP contribution is -2.40. The van der Waals surface area contributed by atoms with Crippen molar-refractivity contribution in [3.05, 3.63) is 65.2 Å². The highest BCUT2D eigenvalue weighted by atomic mass is 32.3. The molecule has 7 nitrogen and oxygen atoms in total. The molecule has 0 saturated carbocycles. The van der Waals surface area contributed by atoms with Crippen molar-refractivity contribution >= 4 is 28.1 Å². The second kappa shape index (κ2) is 10.8. The van der Waals surface area contributed by atoms with Crippen molar-refractivity contribution in [2.75, 3.05) is 18.8 Å². The van der Waals surface area contributed by atoms with E-state index < -0.39 is 33.8 Å². The van der Waals surface area contributed by atoms with E-state index in [2.05, 4.69) is 22.3 Å². The number of carbonyl (C=O) groups is 3. The molecule has 2 aromatic rings. The van der Waals surface area contributed by atoms with E-state index in [-0.39, 0.29) is 10.9 Å². The van der Waals surface area contributed by atoms with E-state index in [1.165, 1.54) is 42.5 Å². The molecular formula is C26H32N2O5S. The van der Waals surface area contributed by atoms with Gasteiger partial charge in [-0.1, -0.05) is 42.8 Å². The highest BCUT2D eigenvalue weighted by Gasteiger charge is 2.31. The predicted octanol–water partition coefficient (Wildman–Crippen LogP) is 4.11. The maximum Gasteiger partial charge on any atom is 0.296 e. The number of amides is 1. The van der Waals surface area contributed by atoms with Crippen LogP contribution >= 0.6 is 10.6 Å². The van der Waals surface area contributed by atoms with Crippen LogP contribution in [0.1, 0.15) is 54.8 Å². The molecule has 0 bridgehead atoms. The Morgan fingerprint density at radius 3 is 2.44 bits per heavy atom. The van der Waals surface area contributed by atoms with Crippen LogP contribution in [-0.2, 0) is 27.3 Å². The van der Waals surface area contributed by atoms with Crippen molar-refractivity contribution in [2.24, 2.45) is 0 Å². The fraction of sp³-hybridized carbons (Fsp3) is 0.423. The summed E-state index contributed by atoms with van der Waals surface area (Å²) < 4.78 is 20.6. The molecule has 2 aromatic carbocycles. The zero-order valence-corrected chi connectivity index (χ0v) is 20.1. The molecule has 1 fully saturated rings. The van der Waals surface area contributed by atoms with Gasteiger partial charge in [0.1, 0.15) is 5.75 Å². The molecule has 0 radical (unpaired) electrons. The van der Waals surface area contributed by atoms with Crippen LogP contribution in [-0.4, -0.2) is 50.3 Å². The first kappa shape index (κ1) is 24.6. The summed E-state index contributed by atoms with van der Waals surface area (Å²) in [6.45, 7) is 3.17. The molecule has 1 saturated heterocycles. The largest absolute Gasteiger partial charge is 0.342 e. The first-order valence-electron chi connectivity index (χ1n) is 11.9. The van der Waals surface area contributed by atoms with Crippen LogP contribution in [0.25, 0.3) is 0 Å². The van der Waals surface area contributed by atoms with Crippen LogP contribution in [0, 0.1) is 0 Å². The summed E-state index contributed by atoms with van der Waals surface area (Å²) >= 11 is 0. The van der Waals surface area contributed by atoms with Crippen LogP contribution in [0.15, 0.2) is 53.4 Å². The quantitative estimate of drug-likeness (QED) is 0.384. The highest BCUT2D eigenvalue weighted by Crippen LogP contribution is 2.47. The van der Waals surface area contributed by atoms with E-state index in [0.717, 1.165) is 38.0 Å². The molecule has 34 heavy (non-hydrogen) atoms. The van der Waals surface area contributed by atoms with Crippen LogP contribution in [0.2, 0.25) is 0 Å². The molecule has 0 aromatic heterocycles. The number of fused-ring (bicyclic) bond motifs is 1. The second-order valence-corrected chi connectivity index (χ2v) is 11.3. The normalized spacial score (nSPS) is 19.2. The summed E-state index contributed by atoms with van der Waals surface area (Å²) in [5.41, 5.74) is 3.41. The van der Waals surface area contributed by atoms with Gasteiger partial charge in [0.25, 0.3) is 11.7 Å². The van der Waals surface area contributed by atoms with Gasteiger partial charge in [0.2, 0.25) is 5.78 Å². The first-order chi connectivity index (χ1) is 16.3. The number of piperidine rings is 1. The van der Waals surface area contributed by atoms with Gasteiger partial charge in [-0.25, -0.2) is 0 Å². The lowest BCUT2D eigenvalue weighted by atomic mass is 9.86. The minimum absolute atomic E-state index is 0.165. The van der Waals surface area contributed by atoms with Gasteiger partial charge in [0, 0.05) is 6.54 Å². The fourth-order valence-corrected chi connectivity index (χ4v) is 6.07. The van der Waals surface area contributed by atoms with Crippen LogP contribution in [0.3, 0.4) is 0 Å². The number of aryl methyl sites for hydroxylation is 1. The zero-order valence-electron chi connectivity index (χ0n) is 19.2. The third-order valence-electron chi connectivity index (χ3n) is 6.59. The molecule has 0 unspecified atom stereocenters. The molecule has 1 aliphatic carbocycles. The SMILES string of the molecule is O=C(CS(O)(O)c1ccccc1)C(=O)C(=O)N[C@@H]1CCCc2cc(CN3CCCCC3)ccc21. The number of nitrogens with zero attached hydrogens (tertiary/aromatic N) is 1. The van der Waals surface area contributed by atoms with Crippen molar-refractivity contribution in [3.63, 3.8) is 0 Å². The van der Waals surface area contributed by atoms with Gasteiger partial charge in [-0.05, 0) is 74.0 Å². The summed E-state index contributed by atoms with van der Waals surface area (Å²) in [6.07, 6.45) is 6.26. The van der Waals surface area contributed by atoms with Crippen LogP contribution in [0.4, 0.5) is 0 Å². The highest BCUT2D eigenvalue weighted by molar-refractivity contribution is 8.25. The van der Waals surface area contributed by atoms with E-state index in [4.69, 9.17) is 0 Å². The summed E-state index contributed by atoms with van der Waals surface area (Å²) in [5.74, 6) is -4.15. The number of hydrogen-bond acceptors (Lipinski definition) is 6. The topological polar surface area (TPSA) is 107 Å². The third-order valence-corrected chi connectivity index (χ3v) is 8.29. The molecule has 1 amide bonds. The predicted molar refractivity (Wildman–Crippen MR) is 132 cm³/mol. The van der Waals surface area contributed by atoms with Crippen molar-refractivity contribution in [2.45, 2.75) is 56.0 Å². The number of benzene rings is 2. The maximum atomic E-state index is 12.6. The van der Waals surface area contributed by atoms with Crippen molar-refractivity contribution in [1.82, 2.24) is 10.2 Å². The van der Waals surface area contributed by atoms with Crippen molar-refractivity contribution in [3.8, 4) is 0 Å². The first-order valence-corrected chi connectivity index (χ1v) is 13.6. The van der Waals surface area contributed by atoms with Gasteiger partial charge >= 0.3 is 0 Å². The Hall–Kier alpha value is -2.52. The van der Waals surface area contributed by atoms with Gasteiger partial charge in [-0.3, -0.25) is 28.4 Å². The molecule has 2 aliphatic rings. The molecule has 3 N–H and O–H groups in total. The molecule has 0 spiro atoms. The van der Waals surface area contributed by atoms with E-state index in [0.29, 0.717) is 6.42 Å². The molecule has 182 valence electrons. The Morgan fingerprint density at radius 1 is 0.971 bits per heavy atom. The fourth-order valence-electron chi connectivity index (χ4n) is 4.81. The van der Waals surface area contributed by atoms with Gasteiger partial charge in [-0.2, -0.15) is 10.6 Å². The lowest BCUT2D eigenvalue weighted by Gasteiger charge is -2.31.